The van der Waals surface area contributed by atoms with Crippen LogP contribution in [0.4, 0.5) is 4.39 Å². The van der Waals surface area contributed by atoms with E-state index in [2.05, 4.69) is 22.3 Å². The minimum absolute atomic E-state index is 0.0733. The van der Waals surface area contributed by atoms with E-state index in [1.54, 1.807) is 10.8 Å². The van der Waals surface area contributed by atoms with Gasteiger partial charge in [0.1, 0.15) is 11.5 Å². The van der Waals surface area contributed by atoms with Gasteiger partial charge >= 0.3 is 5.69 Å². The SMILES string of the molecule is CCCc1c(C(=O)N[C@H]2CC[C@@H](n3c(=O)c4cc(F)cnc4n(C4CCSCC4)c3=O)CC2)cnn1-c1ccccc1. The second kappa shape index (κ2) is 12.2. The summed E-state index contributed by atoms with van der Waals surface area (Å²) in [6.45, 7) is 2.08. The molecule has 6 rings (SSSR count). The van der Waals surface area contributed by atoms with Gasteiger partial charge in [0, 0.05) is 18.1 Å². The number of thioether (sulfide) groups is 1. The summed E-state index contributed by atoms with van der Waals surface area (Å²) in [6.07, 6.45) is 8.26. The summed E-state index contributed by atoms with van der Waals surface area (Å²) in [4.78, 5) is 45.0. The molecule has 1 aliphatic heterocycles. The third-order valence-corrected chi connectivity index (χ3v) is 9.53. The van der Waals surface area contributed by atoms with Crippen molar-refractivity contribution in [3.63, 3.8) is 0 Å². The lowest BCUT2D eigenvalue weighted by Gasteiger charge is -2.31. The van der Waals surface area contributed by atoms with Crippen molar-refractivity contribution in [3.8, 4) is 5.69 Å². The van der Waals surface area contributed by atoms with E-state index >= 15 is 0 Å². The van der Waals surface area contributed by atoms with Crippen molar-refractivity contribution in [1.29, 1.82) is 0 Å². The number of aromatic nitrogens is 5. The van der Waals surface area contributed by atoms with E-state index in [0.717, 1.165) is 54.8 Å². The molecule has 1 aliphatic carbocycles. The van der Waals surface area contributed by atoms with E-state index in [4.69, 9.17) is 0 Å². The van der Waals surface area contributed by atoms with Gasteiger partial charge in [0.25, 0.3) is 11.5 Å². The summed E-state index contributed by atoms with van der Waals surface area (Å²) in [6, 6.07) is 10.5. The Morgan fingerprint density at radius 1 is 1.00 bits per heavy atom. The van der Waals surface area contributed by atoms with Crippen LogP contribution in [0.15, 0.2) is 58.4 Å². The van der Waals surface area contributed by atoms with Gasteiger partial charge in [-0.3, -0.25) is 18.7 Å². The van der Waals surface area contributed by atoms with Crippen LogP contribution in [0.5, 0.6) is 0 Å². The number of carbonyl (C=O) groups excluding carboxylic acids is 1. The van der Waals surface area contributed by atoms with Gasteiger partial charge in [-0.25, -0.2) is 18.9 Å². The monoisotopic (exact) mass is 590 g/mol. The van der Waals surface area contributed by atoms with Crippen molar-refractivity contribution in [2.75, 3.05) is 11.5 Å². The van der Waals surface area contributed by atoms with Gasteiger partial charge < -0.3 is 5.32 Å². The fraction of sp³-hybridized carbons (Fsp3) is 0.452. The first-order chi connectivity index (χ1) is 20.5. The highest BCUT2D eigenvalue weighted by Gasteiger charge is 2.30. The van der Waals surface area contributed by atoms with Crippen molar-refractivity contribution in [3.05, 3.63) is 86.7 Å². The summed E-state index contributed by atoms with van der Waals surface area (Å²) in [5.74, 6) is 1.09. The first-order valence-corrected chi connectivity index (χ1v) is 15.9. The summed E-state index contributed by atoms with van der Waals surface area (Å²) in [5.41, 5.74) is 1.76. The molecular formula is C31H35FN6O3S. The van der Waals surface area contributed by atoms with E-state index in [-0.39, 0.29) is 40.8 Å². The average molecular weight is 591 g/mol. The number of rotatable bonds is 7. The quantitative estimate of drug-likeness (QED) is 0.331. The van der Waals surface area contributed by atoms with Crippen molar-refractivity contribution in [2.45, 2.75) is 76.4 Å². The molecule has 1 N–H and O–H groups in total. The second-order valence-electron chi connectivity index (χ2n) is 11.2. The molecule has 2 aliphatic rings. The molecule has 4 aromatic rings. The standard InChI is InChI=1S/C31H35FN6O3S/c1-2-6-27-26(19-34-38(27)24-7-4-3-5-8-24)29(39)35-21-9-11-22(12-10-21)37-30(40)25-17-20(32)18-33-28(25)36(31(37)41)23-13-15-42-16-14-23/h3-5,7-8,17-19,21-23H,2,6,9-16H2,1H3,(H,35,39)/t21-,22+. The topological polar surface area (TPSA) is 104 Å². The van der Waals surface area contributed by atoms with Gasteiger partial charge in [0.05, 0.1) is 34.7 Å². The van der Waals surface area contributed by atoms with Crippen LogP contribution in [-0.2, 0) is 6.42 Å². The Morgan fingerprint density at radius 2 is 1.71 bits per heavy atom. The Hall–Kier alpha value is -3.73. The summed E-state index contributed by atoms with van der Waals surface area (Å²) in [5, 5.41) is 7.83. The molecule has 3 aromatic heterocycles. The van der Waals surface area contributed by atoms with Crippen molar-refractivity contribution in [1.82, 2.24) is 29.2 Å². The molecule has 1 aromatic carbocycles. The molecule has 0 bridgehead atoms. The van der Waals surface area contributed by atoms with E-state index in [1.807, 2.05) is 46.8 Å². The predicted molar refractivity (Wildman–Crippen MR) is 162 cm³/mol. The Morgan fingerprint density at radius 3 is 2.43 bits per heavy atom. The summed E-state index contributed by atoms with van der Waals surface area (Å²) < 4.78 is 19.0. The molecule has 1 amide bonds. The lowest BCUT2D eigenvalue weighted by atomic mass is 9.90. The van der Waals surface area contributed by atoms with E-state index in [1.165, 1.54) is 10.6 Å². The molecular weight excluding hydrogens is 555 g/mol. The minimum Gasteiger partial charge on any atom is -0.349 e. The predicted octanol–water partition coefficient (Wildman–Crippen LogP) is 4.82. The Balaban J connectivity index is 1.22. The number of hydrogen-bond donors (Lipinski definition) is 1. The fourth-order valence-corrected chi connectivity index (χ4v) is 7.45. The van der Waals surface area contributed by atoms with Crippen LogP contribution >= 0.6 is 11.8 Å². The first kappa shape index (κ1) is 28.4. The van der Waals surface area contributed by atoms with Crippen LogP contribution in [0.2, 0.25) is 0 Å². The number of nitrogens with zero attached hydrogens (tertiary/aromatic N) is 5. The van der Waals surface area contributed by atoms with Crippen LogP contribution in [0, 0.1) is 5.82 Å². The van der Waals surface area contributed by atoms with Gasteiger partial charge in [-0.2, -0.15) is 16.9 Å². The number of benzene rings is 1. The summed E-state index contributed by atoms with van der Waals surface area (Å²) in [7, 11) is 0. The highest BCUT2D eigenvalue weighted by atomic mass is 32.2. The van der Waals surface area contributed by atoms with Crippen LogP contribution in [-0.4, -0.2) is 47.4 Å². The molecule has 11 heteroatoms. The van der Waals surface area contributed by atoms with Gasteiger partial charge in [0.15, 0.2) is 0 Å². The smallest absolute Gasteiger partial charge is 0.333 e. The van der Waals surface area contributed by atoms with Crippen molar-refractivity contribution < 1.29 is 9.18 Å². The van der Waals surface area contributed by atoms with Gasteiger partial charge in [-0.05, 0) is 74.7 Å². The number of nitrogens with one attached hydrogen (secondary N) is 1. The highest BCUT2D eigenvalue weighted by Crippen LogP contribution is 2.30. The molecule has 1 saturated heterocycles. The maximum Gasteiger partial charge on any atom is 0.333 e. The van der Waals surface area contributed by atoms with Gasteiger partial charge in [-0.15, -0.1) is 0 Å². The van der Waals surface area contributed by atoms with Crippen LogP contribution in [0.3, 0.4) is 0 Å². The lowest BCUT2D eigenvalue weighted by molar-refractivity contribution is 0.0920. The summed E-state index contributed by atoms with van der Waals surface area (Å²) >= 11 is 1.85. The number of hydrogen-bond acceptors (Lipinski definition) is 6. The largest absolute Gasteiger partial charge is 0.349 e. The number of pyridine rings is 1. The van der Waals surface area contributed by atoms with Crippen LogP contribution in [0.25, 0.3) is 16.7 Å². The van der Waals surface area contributed by atoms with Crippen molar-refractivity contribution in [2.24, 2.45) is 0 Å². The third kappa shape index (κ3) is 5.42. The fourth-order valence-electron chi connectivity index (χ4n) is 6.37. The first-order valence-electron chi connectivity index (χ1n) is 14.8. The number of para-hydroxylation sites is 1. The molecule has 0 atom stereocenters. The lowest BCUT2D eigenvalue weighted by Crippen LogP contribution is -2.46. The Bertz CT molecular complexity index is 1700. The van der Waals surface area contributed by atoms with Crippen LogP contribution < -0.4 is 16.6 Å². The number of fused-ring (bicyclic) bond motifs is 1. The van der Waals surface area contributed by atoms with E-state index < -0.39 is 11.4 Å². The third-order valence-electron chi connectivity index (χ3n) is 8.48. The van der Waals surface area contributed by atoms with E-state index in [9.17, 15) is 18.8 Å². The molecule has 2 fully saturated rings. The van der Waals surface area contributed by atoms with Crippen molar-refractivity contribution >= 4 is 28.7 Å². The normalized spacial score (nSPS) is 19.7. The van der Waals surface area contributed by atoms with Gasteiger partial charge in [0.2, 0.25) is 0 Å². The zero-order valence-corrected chi connectivity index (χ0v) is 24.5. The molecule has 0 radical (unpaired) electrons. The average Bonchev–Trinajstić information content (AvgIpc) is 3.43. The van der Waals surface area contributed by atoms with Gasteiger partial charge in [-0.1, -0.05) is 31.5 Å². The minimum atomic E-state index is -0.597. The Labute approximate surface area is 247 Å². The molecule has 1 saturated carbocycles. The molecule has 42 heavy (non-hydrogen) atoms. The number of amides is 1. The molecule has 220 valence electrons. The van der Waals surface area contributed by atoms with E-state index in [0.29, 0.717) is 31.2 Å². The van der Waals surface area contributed by atoms with Crippen LogP contribution in [0.1, 0.15) is 80.0 Å². The Kier molecular flexibility index (Phi) is 8.28. The zero-order chi connectivity index (χ0) is 29.2. The molecule has 0 spiro atoms. The molecule has 9 nitrogen and oxygen atoms in total. The maximum atomic E-state index is 14.2. The number of carbonyl (C=O) groups is 1. The maximum absolute atomic E-state index is 14.2. The zero-order valence-electron chi connectivity index (χ0n) is 23.7. The second-order valence-corrected chi connectivity index (χ2v) is 12.4. The molecule has 0 unspecified atom stereocenters. The highest BCUT2D eigenvalue weighted by molar-refractivity contribution is 7.99. The molecule has 4 heterocycles. The number of halogens is 1.